The highest BCUT2D eigenvalue weighted by atomic mass is 35.5. The minimum Gasteiger partial charge on any atom is -0.399 e. The predicted octanol–water partition coefficient (Wildman–Crippen LogP) is 1.46. The van der Waals surface area contributed by atoms with Gasteiger partial charge in [0, 0.05) is 18.3 Å². The molecule has 1 aromatic rings. The lowest BCUT2D eigenvalue weighted by molar-refractivity contribution is -0.121. The van der Waals surface area contributed by atoms with Crippen LogP contribution in [0.5, 0.6) is 0 Å². The Bertz CT molecular complexity index is 617. The third-order valence-corrected chi connectivity index (χ3v) is 5.10. The topological polar surface area (TPSA) is 92.5 Å². The molecular formula is C13H20ClN3O3S. The number of carbonyl (C=O) groups is 1. The highest BCUT2D eigenvalue weighted by Gasteiger charge is 2.27. The number of likely N-dealkylation sites (N-methyl/N-ethyl adjacent to an activating group) is 1. The van der Waals surface area contributed by atoms with E-state index in [-0.39, 0.29) is 35.0 Å². The normalized spacial score (nSPS) is 11.9. The van der Waals surface area contributed by atoms with Crippen LogP contribution in [-0.4, -0.2) is 37.8 Å². The number of halogens is 1. The second kappa shape index (κ2) is 7.11. The van der Waals surface area contributed by atoms with E-state index in [4.69, 9.17) is 17.3 Å². The first-order valence-electron chi connectivity index (χ1n) is 6.53. The molecule has 0 aliphatic heterocycles. The van der Waals surface area contributed by atoms with Crippen molar-refractivity contribution in [1.82, 2.24) is 9.62 Å². The van der Waals surface area contributed by atoms with Gasteiger partial charge in [-0.2, -0.15) is 4.31 Å². The van der Waals surface area contributed by atoms with Gasteiger partial charge in [0.25, 0.3) is 0 Å². The van der Waals surface area contributed by atoms with Crippen LogP contribution < -0.4 is 11.1 Å². The summed E-state index contributed by atoms with van der Waals surface area (Å²) in [5, 5.41) is 2.70. The van der Waals surface area contributed by atoms with Crippen LogP contribution in [0, 0.1) is 0 Å². The number of nitrogens with zero attached hydrogens (tertiary/aromatic N) is 1. The Morgan fingerprint density at radius 1 is 1.43 bits per heavy atom. The van der Waals surface area contributed by atoms with Gasteiger partial charge in [0.05, 0.1) is 11.6 Å². The summed E-state index contributed by atoms with van der Waals surface area (Å²) in [7, 11) is -3.84. The average molecular weight is 334 g/mol. The summed E-state index contributed by atoms with van der Waals surface area (Å²) in [6.07, 6.45) is 0. The minimum atomic E-state index is -3.84. The smallest absolute Gasteiger partial charge is 0.245 e. The zero-order valence-corrected chi connectivity index (χ0v) is 13.8. The SMILES string of the molecule is CCN(CC(=O)NC(C)C)S(=O)(=O)c1ccc(N)cc1Cl. The Morgan fingerprint density at radius 3 is 2.52 bits per heavy atom. The molecule has 0 unspecified atom stereocenters. The number of nitrogens with two attached hydrogens (primary N) is 1. The number of hydrogen-bond donors (Lipinski definition) is 2. The number of nitrogens with one attached hydrogen (secondary N) is 1. The first kappa shape index (κ1) is 17.7. The van der Waals surface area contributed by atoms with Crippen molar-refractivity contribution in [2.75, 3.05) is 18.8 Å². The molecule has 118 valence electrons. The zero-order valence-electron chi connectivity index (χ0n) is 12.3. The molecular weight excluding hydrogens is 314 g/mol. The highest BCUT2D eigenvalue weighted by molar-refractivity contribution is 7.89. The zero-order chi connectivity index (χ0) is 16.2. The van der Waals surface area contributed by atoms with Crippen molar-refractivity contribution in [3.05, 3.63) is 23.2 Å². The van der Waals surface area contributed by atoms with E-state index < -0.39 is 10.0 Å². The van der Waals surface area contributed by atoms with Gasteiger partial charge in [-0.3, -0.25) is 4.79 Å². The molecule has 0 bridgehead atoms. The third-order valence-electron chi connectivity index (χ3n) is 2.70. The van der Waals surface area contributed by atoms with Crippen molar-refractivity contribution in [3.63, 3.8) is 0 Å². The van der Waals surface area contributed by atoms with Crippen LogP contribution in [0.3, 0.4) is 0 Å². The molecule has 1 rings (SSSR count). The van der Waals surface area contributed by atoms with Crippen molar-refractivity contribution in [2.45, 2.75) is 31.7 Å². The summed E-state index contributed by atoms with van der Waals surface area (Å²) >= 11 is 5.95. The maximum Gasteiger partial charge on any atom is 0.245 e. The molecule has 0 radical (unpaired) electrons. The molecule has 6 nitrogen and oxygen atoms in total. The fourth-order valence-electron chi connectivity index (χ4n) is 1.76. The van der Waals surface area contributed by atoms with E-state index in [1.165, 1.54) is 18.2 Å². The van der Waals surface area contributed by atoms with Crippen LogP contribution in [0.4, 0.5) is 5.69 Å². The van der Waals surface area contributed by atoms with Gasteiger partial charge in [0.2, 0.25) is 15.9 Å². The van der Waals surface area contributed by atoms with Crippen molar-refractivity contribution in [3.8, 4) is 0 Å². The molecule has 0 atom stereocenters. The number of nitrogen functional groups attached to an aromatic ring is 1. The summed E-state index contributed by atoms with van der Waals surface area (Å²) in [6.45, 7) is 5.18. The Balaban J connectivity index is 3.05. The Morgan fingerprint density at radius 2 is 2.05 bits per heavy atom. The van der Waals surface area contributed by atoms with Gasteiger partial charge in [0.1, 0.15) is 4.90 Å². The standard InChI is InChI=1S/C13H20ClN3O3S/c1-4-17(8-13(18)16-9(2)3)21(19,20)12-6-5-10(15)7-11(12)14/h5-7,9H,4,8,15H2,1-3H3,(H,16,18). The van der Waals surface area contributed by atoms with Gasteiger partial charge < -0.3 is 11.1 Å². The second-order valence-corrected chi connectivity index (χ2v) is 7.16. The Hall–Kier alpha value is -1.31. The molecule has 0 aliphatic rings. The number of carbonyl (C=O) groups excluding carboxylic acids is 1. The molecule has 21 heavy (non-hydrogen) atoms. The molecule has 0 spiro atoms. The van der Waals surface area contributed by atoms with Crippen LogP contribution in [-0.2, 0) is 14.8 Å². The van der Waals surface area contributed by atoms with Crippen molar-refractivity contribution in [1.29, 1.82) is 0 Å². The van der Waals surface area contributed by atoms with Gasteiger partial charge >= 0.3 is 0 Å². The van der Waals surface area contributed by atoms with Crippen LogP contribution in [0.15, 0.2) is 23.1 Å². The number of rotatable bonds is 6. The van der Waals surface area contributed by atoms with E-state index in [0.717, 1.165) is 4.31 Å². The van der Waals surface area contributed by atoms with E-state index in [1.807, 2.05) is 0 Å². The van der Waals surface area contributed by atoms with E-state index in [9.17, 15) is 13.2 Å². The summed E-state index contributed by atoms with van der Waals surface area (Å²) in [4.78, 5) is 11.7. The van der Waals surface area contributed by atoms with E-state index in [1.54, 1.807) is 20.8 Å². The molecule has 1 amide bonds. The molecule has 0 saturated carbocycles. The van der Waals surface area contributed by atoms with Crippen LogP contribution in [0.2, 0.25) is 5.02 Å². The van der Waals surface area contributed by atoms with Gasteiger partial charge in [-0.15, -0.1) is 0 Å². The number of benzene rings is 1. The summed E-state index contributed by atoms with van der Waals surface area (Å²) < 4.78 is 26.1. The lowest BCUT2D eigenvalue weighted by atomic mass is 10.3. The molecule has 1 aromatic carbocycles. The number of amides is 1. The molecule has 0 fully saturated rings. The van der Waals surface area contributed by atoms with E-state index in [0.29, 0.717) is 5.69 Å². The van der Waals surface area contributed by atoms with Crippen LogP contribution in [0.25, 0.3) is 0 Å². The van der Waals surface area contributed by atoms with E-state index >= 15 is 0 Å². The quantitative estimate of drug-likeness (QED) is 0.771. The van der Waals surface area contributed by atoms with Gasteiger partial charge in [-0.25, -0.2) is 8.42 Å². The molecule has 3 N–H and O–H groups in total. The predicted molar refractivity (Wildman–Crippen MR) is 83.6 cm³/mol. The molecule has 8 heteroatoms. The number of sulfonamides is 1. The lowest BCUT2D eigenvalue weighted by Gasteiger charge is -2.21. The van der Waals surface area contributed by atoms with Crippen molar-refractivity contribution in [2.24, 2.45) is 0 Å². The van der Waals surface area contributed by atoms with Crippen LogP contribution in [0.1, 0.15) is 20.8 Å². The average Bonchev–Trinajstić information content (AvgIpc) is 2.34. The van der Waals surface area contributed by atoms with Crippen LogP contribution >= 0.6 is 11.6 Å². The summed E-state index contributed by atoms with van der Waals surface area (Å²) in [5.41, 5.74) is 5.93. The first-order chi connectivity index (χ1) is 9.68. The Labute approximate surface area is 130 Å². The fraction of sp³-hybridized carbons (Fsp3) is 0.462. The lowest BCUT2D eigenvalue weighted by Crippen LogP contribution is -2.42. The van der Waals surface area contributed by atoms with Gasteiger partial charge in [-0.05, 0) is 32.0 Å². The van der Waals surface area contributed by atoms with E-state index in [2.05, 4.69) is 5.32 Å². The molecule has 0 saturated heterocycles. The van der Waals surface area contributed by atoms with Crippen molar-refractivity contribution < 1.29 is 13.2 Å². The highest BCUT2D eigenvalue weighted by Crippen LogP contribution is 2.26. The minimum absolute atomic E-state index is 0.0396. The summed E-state index contributed by atoms with van der Waals surface area (Å²) in [5.74, 6) is -0.359. The van der Waals surface area contributed by atoms with Gasteiger partial charge in [-0.1, -0.05) is 18.5 Å². The number of hydrogen-bond acceptors (Lipinski definition) is 4. The maximum atomic E-state index is 12.5. The van der Waals surface area contributed by atoms with Crippen molar-refractivity contribution >= 4 is 33.2 Å². The monoisotopic (exact) mass is 333 g/mol. The fourth-order valence-corrected chi connectivity index (χ4v) is 3.69. The molecule has 0 aromatic heterocycles. The second-order valence-electron chi connectivity index (χ2n) is 4.84. The van der Waals surface area contributed by atoms with Gasteiger partial charge in [0.15, 0.2) is 0 Å². The third kappa shape index (κ3) is 4.59. The molecule has 0 aliphatic carbocycles. The Kier molecular flexibility index (Phi) is 6.00. The summed E-state index contributed by atoms with van der Waals surface area (Å²) in [6, 6.07) is 4.12. The number of anilines is 1. The first-order valence-corrected chi connectivity index (χ1v) is 8.34. The largest absolute Gasteiger partial charge is 0.399 e. The molecule has 0 heterocycles. The maximum absolute atomic E-state index is 12.5.